The van der Waals surface area contributed by atoms with Gasteiger partial charge in [0.25, 0.3) is 0 Å². The highest BCUT2D eigenvalue weighted by Crippen LogP contribution is 2.36. The molecule has 2 aliphatic rings. The molecule has 2 aliphatic carbocycles. The van der Waals surface area contributed by atoms with E-state index in [1.54, 1.807) is 14.2 Å². The Morgan fingerprint density at radius 3 is 1.83 bits per heavy atom. The summed E-state index contributed by atoms with van der Waals surface area (Å²) in [6.45, 7) is 4.05. The van der Waals surface area contributed by atoms with Crippen LogP contribution in [0.2, 0.25) is 0 Å². The van der Waals surface area contributed by atoms with Crippen LogP contribution in [0.15, 0.2) is 60.7 Å². The molecule has 0 saturated heterocycles. The molecule has 0 heterocycles. The molecular formula is C31H38O5. The predicted octanol–water partition coefficient (Wildman–Crippen LogP) is 6.48. The smallest absolute Gasteiger partial charge is 0.309 e. The van der Waals surface area contributed by atoms with Gasteiger partial charge in [-0.15, -0.1) is 0 Å². The van der Waals surface area contributed by atoms with Crippen LogP contribution in [0.1, 0.15) is 59.8 Å². The molecule has 4 rings (SSSR count). The minimum atomic E-state index is -0.122. The Morgan fingerprint density at radius 2 is 1.33 bits per heavy atom. The number of carbonyl (C=O) groups excluding carboxylic acids is 2. The second-order valence-electron chi connectivity index (χ2n) is 9.45. The van der Waals surface area contributed by atoms with Gasteiger partial charge >= 0.3 is 5.97 Å². The highest BCUT2D eigenvalue weighted by molar-refractivity contribution is 5.74. The fourth-order valence-electron chi connectivity index (χ4n) is 5.17. The normalized spacial score (nSPS) is 22.7. The molecule has 2 aromatic carbocycles. The number of rotatable bonds is 6. The second-order valence-corrected chi connectivity index (χ2v) is 9.45. The molecule has 0 unspecified atom stereocenters. The van der Waals surface area contributed by atoms with Gasteiger partial charge in [0.05, 0.1) is 27.2 Å². The van der Waals surface area contributed by atoms with E-state index in [9.17, 15) is 9.59 Å². The number of aldehydes is 1. The Labute approximate surface area is 215 Å². The van der Waals surface area contributed by atoms with Crippen LogP contribution in [0.3, 0.4) is 0 Å². The van der Waals surface area contributed by atoms with Crippen molar-refractivity contribution in [3.63, 3.8) is 0 Å². The first-order valence-corrected chi connectivity index (χ1v) is 12.6. The van der Waals surface area contributed by atoms with Crippen LogP contribution < -0.4 is 9.47 Å². The number of allylic oxidation sites excluding steroid dienone is 4. The fraction of sp³-hybridized carbons (Fsp3) is 0.419. The van der Waals surface area contributed by atoms with E-state index >= 15 is 0 Å². The summed E-state index contributed by atoms with van der Waals surface area (Å²) < 4.78 is 15.4. The van der Waals surface area contributed by atoms with Crippen molar-refractivity contribution in [3.8, 4) is 11.5 Å². The molecular weight excluding hydrogens is 452 g/mol. The zero-order chi connectivity index (χ0) is 26.1. The van der Waals surface area contributed by atoms with Crippen LogP contribution in [-0.4, -0.2) is 33.6 Å². The van der Waals surface area contributed by atoms with Crippen molar-refractivity contribution >= 4 is 12.3 Å². The number of esters is 1. The van der Waals surface area contributed by atoms with Gasteiger partial charge < -0.3 is 19.0 Å². The first-order chi connectivity index (χ1) is 17.4. The molecule has 0 radical (unpaired) electrons. The lowest BCUT2D eigenvalue weighted by Crippen LogP contribution is -2.24. The minimum absolute atomic E-state index is 0.0807. The van der Waals surface area contributed by atoms with Crippen LogP contribution in [0, 0.1) is 25.7 Å². The van der Waals surface area contributed by atoms with Crippen LogP contribution in [-0.2, 0) is 14.3 Å². The van der Waals surface area contributed by atoms with Gasteiger partial charge in [0.1, 0.15) is 17.8 Å². The quantitative estimate of drug-likeness (QED) is 0.263. The van der Waals surface area contributed by atoms with Gasteiger partial charge in [0, 0.05) is 17.8 Å². The number of benzene rings is 2. The van der Waals surface area contributed by atoms with Crippen molar-refractivity contribution in [1.29, 1.82) is 0 Å². The summed E-state index contributed by atoms with van der Waals surface area (Å²) >= 11 is 0. The average molecular weight is 491 g/mol. The van der Waals surface area contributed by atoms with Crippen molar-refractivity contribution in [2.24, 2.45) is 11.8 Å². The standard InChI is InChI=1S/C16H20O3.C15H18O2/c1-11-10-12(8-9-15(11)18-2)13-6-4-5-7-14(13)16(17)19-3;1-11-9-12(7-8-15(11)17-2)14-6-4-3-5-13(14)10-16/h4,6,8-10,13-14H,5,7H2,1-3H3;4,6-10,13-14H,3,5H2,1-2H3/t13-,14-;13-,14+/m10/s1. The Balaban J connectivity index is 0.000000202. The van der Waals surface area contributed by atoms with E-state index in [-0.39, 0.29) is 29.6 Å². The first kappa shape index (κ1) is 27.3. The predicted molar refractivity (Wildman–Crippen MR) is 143 cm³/mol. The van der Waals surface area contributed by atoms with Crippen LogP contribution in [0.4, 0.5) is 0 Å². The van der Waals surface area contributed by atoms with Gasteiger partial charge in [-0.2, -0.15) is 0 Å². The molecule has 0 fully saturated rings. The molecule has 0 saturated carbocycles. The lowest BCUT2D eigenvalue weighted by Gasteiger charge is -2.26. The molecule has 5 heteroatoms. The Kier molecular flexibility index (Phi) is 9.92. The molecule has 36 heavy (non-hydrogen) atoms. The summed E-state index contributed by atoms with van der Waals surface area (Å²) in [7, 11) is 4.80. The lowest BCUT2D eigenvalue weighted by atomic mass is 9.79. The van der Waals surface area contributed by atoms with Gasteiger partial charge in [-0.1, -0.05) is 48.6 Å². The minimum Gasteiger partial charge on any atom is -0.496 e. The molecule has 0 spiro atoms. The fourth-order valence-corrected chi connectivity index (χ4v) is 5.17. The van der Waals surface area contributed by atoms with E-state index in [4.69, 9.17) is 14.2 Å². The molecule has 0 amide bonds. The number of hydrogen-bond acceptors (Lipinski definition) is 5. The van der Waals surface area contributed by atoms with Crippen molar-refractivity contribution in [3.05, 3.63) is 83.0 Å². The third-order valence-electron chi connectivity index (χ3n) is 7.18. The van der Waals surface area contributed by atoms with Crippen LogP contribution in [0.25, 0.3) is 0 Å². The van der Waals surface area contributed by atoms with Gasteiger partial charge in [0.2, 0.25) is 0 Å². The second kappa shape index (κ2) is 13.1. The maximum absolute atomic E-state index is 11.9. The van der Waals surface area contributed by atoms with E-state index in [2.05, 4.69) is 42.5 Å². The van der Waals surface area contributed by atoms with Crippen molar-refractivity contribution < 1.29 is 23.8 Å². The molecule has 0 bridgehead atoms. The zero-order valence-corrected chi connectivity index (χ0v) is 22.0. The highest BCUT2D eigenvalue weighted by Gasteiger charge is 2.30. The summed E-state index contributed by atoms with van der Waals surface area (Å²) in [6.07, 6.45) is 13.4. The molecule has 0 aromatic heterocycles. The number of carbonyl (C=O) groups is 2. The van der Waals surface area contributed by atoms with Gasteiger partial charge in [-0.3, -0.25) is 4.79 Å². The molecule has 192 valence electrons. The third kappa shape index (κ3) is 6.45. The van der Waals surface area contributed by atoms with Crippen LogP contribution in [0.5, 0.6) is 11.5 Å². The monoisotopic (exact) mass is 490 g/mol. The van der Waals surface area contributed by atoms with Crippen LogP contribution >= 0.6 is 0 Å². The number of aryl methyl sites for hydroxylation is 2. The summed E-state index contributed by atoms with van der Waals surface area (Å²) in [5.74, 6) is 2.02. The molecule has 0 N–H and O–H groups in total. The molecule has 5 nitrogen and oxygen atoms in total. The van der Waals surface area contributed by atoms with E-state index < -0.39 is 0 Å². The van der Waals surface area contributed by atoms with Crippen molar-refractivity contribution in [2.45, 2.75) is 51.4 Å². The lowest BCUT2D eigenvalue weighted by molar-refractivity contribution is -0.146. The molecule has 4 atom stereocenters. The number of hydrogen-bond donors (Lipinski definition) is 0. The molecule has 2 aromatic rings. The zero-order valence-electron chi connectivity index (χ0n) is 22.0. The van der Waals surface area contributed by atoms with E-state index in [0.717, 1.165) is 60.2 Å². The van der Waals surface area contributed by atoms with E-state index in [1.807, 2.05) is 32.0 Å². The van der Waals surface area contributed by atoms with Crippen molar-refractivity contribution in [2.75, 3.05) is 21.3 Å². The SMILES string of the molecule is COC(=O)[C@@H]1CCC=C[C@@H]1c1ccc(OC)c(C)c1.COc1ccc([C@H]2C=CCC[C@H]2C=O)cc1C. The maximum Gasteiger partial charge on any atom is 0.309 e. The Bertz CT molecular complexity index is 1100. The van der Waals surface area contributed by atoms with Crippen molar-refractivity contribution in [1.82, 2.24) is 0 Å². The Morgan fingerprint density at radius 1 is 0.806 bits per heavy atom. The van der Waals surface area contributed by atoms with E-state index in [1.165, 1.54) is 12.7 Å². The summed E-state index contributed by atoms with van der Waals surface area (Å²) in [4.78, 5) is 23.0. The number of methoxy groups -OCH3 is 3. The first-order valence-electron chi connectivity index (χ1n) is 12.6. The highest BCUT2D eigenvalue weighted by atomic mass is 16.5. The average Bonchev–Trinajstić information content (AvgIpc) is 2.92. The van der Waals surface area contributed by atoms with E-state index in [0.29, 0.717) is 0 Å². The molecule has 0 aliphatic heterocycles. The third-order valence-corrected chi connectivity index (χ3v) is 7.18. The topological polar surface area (TPSA) is 61.8 Å². The van der Waals surface area contributed by atoms with Gasteiger partial charge in [-0.25, -0.2) is 0 Å². The summed E-state index contributed by atoms with van der Waals surface area (Å²) in [5.41, 5.74) is 4.55. The maximum atomic E-state index is 11.9. The summed E-state index contributed by atoms with van der Waals surface area (Å²) in [5, 5.41) is 0. The van der Waals surface area contributed by atoms with Gasteiger partial charge in [-0.05, 0) is 73.9 Å². The largest absolute Gasteiger partial charge is 0.496 e. The Hall–Kier alpha value is -3.34. The number of ether oxygens (including phenoxy) is 3. The van der Waals surface area contributed by atoms with Gasteiger partial charge in [0.15, 0.2) is 0 Å². The summed E-state index contributed by atoms with van der Waals surface area (Å²) in [6, 6.07) is 12.2.